The summed E-state index contributed by atoms with van der Waals surface area (Å²) < 4.78 is 16.5. The van der Waals surface area contributed by atoms with Gasteiger partial charge < -0.3 is 19.3 Å². The molecular weight excluding hydrogens is 456 g/mol. The number of amides is 1. The summed E-state index contributed by atoms with van der Waals surface area (Å²) >= 11 is 1.24. The van der Waals surface area contributed by atoms with Gasteiger partial charge in [-0.1, -0.05) is 12.1 Å². The number of aliphatic hydroxyl groups is 1. The van der Waals surface area contributed by atoms with E-state index in [1.807, 2.05) is 13.8 Å². The molecule has 2 aliphatic heterocycles. The minimum absolute atomic E-state index is 0.00284. The lowest BCUT2D eigenvalue weighted by atomic mass is 9.94. The molecule has 8 nitrogen and oxygen atoms in total. The first-order valence-corrected chi connectivity index (χ1v) is 11.6. The lowest BCUT2D eigenvalue weighted by Crippen LogP contribution is -2.31. The van der Waals surface area contributed by atoms with E-state index in [2.05, 4.69) is 4.98 Å². The zero-order chi connectivity index (χ0) is 24.0. The predicted octanol–water partition coefficient (Wildman–Crippen LogP) is 4.67. The summed E-state index contributed by atoms with van der Waals surface area (Å²) in [4.78, 5) is 33.2. The van der Waals surface area contributed by atoms with E-state index in [0.717, 1.165) is 5.01 Å². The van der Waals surface area contributed by atoms with Crippen molar-refractivity contribution in [2.24, 2.45) is 0 Å². The molecule has 0 saturated carbocycles. The molecule has 1 N–H and O–H groups in total. The first-order chi connectivity index (χ1) is 16.4. The van der Waals surface area contributed by atoms with Crippen LogP contribution in [0.3, 0.4) is 0 Å². The second-order valence-corrected chi connectivity index (χ2v) is 9.06. The van der Waals surface area contributed by atoms with Gasteiger partial charge >= 0.3 is 0 Å². The standard InChI is InChI=1S/C25H22N2O6S/c1-4-31-17-7-5-6-15(10-17)21-20(22(28)24-13(2)26-14(3)34-24)23(29)25(30)27(21)16-8-9-18-19(11-16)33-12-32-18/h5-11,21,29H,4,12H2,1-3H3. The van der Waals surface area contributed by atoms with Crippen LogP contribution in [-0.4, -0.2) is 35.2 Å². The van der Waals surface area contributed by atoms with Gasteiger partial charge in [0.15, 0.2) is 17.3 Å². The highest BCUT2D eigenvalue weighted by molar-refractivity contribution is 7.14. The number of carbonyl (C=O) groups is 2. The van der Waals surface area contributed by atoms with Crippen molar-refractivity contribution in [3.05, 3.63) is 74.9 Å². The molecule has 1 atom stereocenters. The molecule has 1 aromatic heterocycles. The molecule has 3 aromatic rings. The fourth-order valence-corrected chi connectivity index (χ4v) is 5.13. The van der Waals surface area contributed by atoms with E-state index < -0.39 is 23.5 Å². The van der Waals surface area contributed by atoms with Crippen LogP contribution in [0.5, 0.6) is 17.2 Å². The normalized spacial score (nSPS) is 17.0. The maximum Gasteiger partial charge on any atom is 0.294 e. The number of anilines is 1. The van der Waals surface area contributed by atoms with Crippen LogP contribution in [0.15, 0.2) is 53.8 Å². The molecule has 2 aliphatic rings. The zero-order valence-electron chi connectivity index (χ0n) is 18.8. The Morgan fingerprint density at radius 2 is 2.00 bits per heavy atom. The molecule has 0 fully saturated rings. The molecule has 0 bridgehead atoms. The third-order valence-electron chi connectivity index (χ3n) is 5.68. The van der Waals surface area contributed by atoms with Crippen LogP contribution in [0.2, 0.25) is 0 Å². The Morgan fingerprint density at radius 1 is 1.21 bits per heavy atom. The Kier molecular flexibility index (Phi) is 5.49. The third kappa shape index (κ3) is 3.58. The quantitative estimate of drug-likeness (QED) is 0.514. The summed E-state index contributed by atoms with van der Waals surface area (Å²) in [6.45, 7) is 5.98. The molecule has 9 heteroatoms. The highest BCUT2D eigenvalue weighted by atomic mass is 32.1. The van der Waals surface area contributed by atoms with Gasteiger partial charge in [-0.15, -0.1) is 11.3 Å². The Bertz CT molecular complexity index is 1340. The van der Waals surface area contributed by atoms with E-state index in [1.54, 1.807) is 49.4 Å². The van der Waals surface area contributed by atoms with Crippen molar-refractivity contribution >= 4 is 28.7 Å². The van der Waals surface area contributed by atoms with Crippen LogP contribution < -0.4 is 19.1 Å². The monoisotopic (exact) mass is 478 g/mol. The summed E-state index contributed by atoms with van der Waals surface area (Å²) in [6.07, 6.45) is 0. The van der Waals surface area contributed by atoms with Crippen LogP contribution in [0.25, 0.3) is 0 Å². The number of fused-ring (bicyclic) bond motifs is 1. The van der Waals surface area contributed by atoms with E-state index in [4.69, 9.17) is 14.2 Å². The average Bonchev–Trinajstić information content (AvgIpc) is 3.49. The van der Waals surface area contributed by atoms with Gasteiger partial charge in [0, 0.05) is 11.8 Å². The number of ketones is 1. The number of aryl methyl sites for hydroxylation is 2. The maximum absolute atomic E-state index is 13.7. The Hall–Kier alpha value is -3.85. The number of hydrogen-bond donors (Lipinski definition) is 1. The molecule has 3 heterocycles. The second kappa shape index (κ2) is 8.49. The van der Waals surface area contributed by atoms with Gasteiger partial charge in [-0.25, -0.2) is 4.98 Å². The number of nitrogens with zero attached hydrogens (tertiary/aromatic N) is 2. The van der Waals surface area contributed by atoms with Crippen LogP contribution >= 0.6 is 11.3 Å². The summed E-state index contributed by atoms with van der Waals surface area (Å²) in [5, 5.41) is 11.7. The van der Waals surface area contributed by atoms with Gasteiger partial charge in [-0.2, -0.15) is 0 Å². The van der Waals surface area contributed by atoms with E-state index in [0.29, 0.717) is 45.7 Å². The molecule has 0 spiro atoms. The highest BCUT2D eigenvalue weighted by Gasteiger charge is 2.45. The van der Waals surface area contributed by atoms with Gasteiger partial charge in [-0.3, -0.25) is 14.5 Å². The van der Waals surface area contributed by atoms with Gasteiger partial charge in [-0.05, 0) is 50.6 Å². The van der Waals surface area contributed by atoms with Crippen molar-refractivity contribution < 1.29 is 28.9 Å². The Labute approximate surface area is 200 Å². The van der Waals surface area contributed by atoms with Crippen molar-refractivity contribution in [1.82, 2.24) is 4.98 Å². The molecule has 1 amide bonds. The number of hydrogen-bond acceptors (Lipinski definition) is 8. The summed E-state index contributed by atoms with van der Waals surface area (Å²) in [6, 6.07) is 11.4. The number of aromatic nitrogens is 1. The number of thiazole rings is 1. The van der Waals surface area contributed by atoms with Crippen LogP contribution in [0.4, 0.5) is 5.69 Å². The minimum atomic E-state index is -0.873. The van der Waals surface area contributed by atoms with Crippen molar-refractivity contribution in [3.63, 3.8) is 0 Å². The van der Waals surface area contributed by atoms with Gasteiger partial charge in [0.2, 0.25) is 12.6 Å². The summed E-state index contributed by atoms with van der Waals surface area (Å²) in [5.74, 6) is -0.0345. The Balaban J connectivity index is 1.66. The lowest BCUT2D eigenvalue weighted by molar-refractivity contribution is -0.117. The number of rotatable bonds is 6. The van der Waals surface area contributed by atoms with Gasteiger partial charge in [0.25, 0.3) is 5.91 Å². The van der Waals surface area contributed by atoms with E-state index >= 15 is 0 Å². The Morgan fingerprint density at radius 3 is 2.74 bits per heavy atom. The number of carbonyl (C=O) groups excluding carboxylic acids is 2. The van der Waals surface area contributed by atoms with Gasteiger partial charge in [0.05, 0.1) is 33.8 Å². The van der Waals surface area contributed by atoms with Crippen molar-refractivity contribution in [2.75, 3.05) is 18.3 Å². The molecule has 2 aromatic carbocycles. The second-order valence-electron chi connectivity index (χ2n) is 7.86. The number of benzene rings is 2. The predicted molar refractivity (Wildman–Crippen MR) is 126 cm³/mol. The van der Waals surface area contributed by atoms with Crippen LogP contribution in [0.1, 0.15) is 38.9 Å². The minimum Gasteiger partial charge on any atom is -0.503 e. The zero-order valence-corrected chi connectivity index (χ0v) is 19.6. The average molecular weight is 479 g/mol. The number of ether oxygens (including phenoxy) is 3. The topological polar surface area (TPSA) is 98.2 Å². The van der Waals surface area contributed by atoms with E-state index in [1.165, 1.54) is 16.2 Å². The van der Waals surface area contributed by atoms with E-state index in [9.17, 15) is 14.7 Å². The molecule has 1 unspecified atom stereocenters. The SMILES string of the molecule is CCOc1cccc(C2C(C(=O)c3sc(C)nc3C)=C(O)C(=O)N2c2ccc3c(c2)OCO3)c1. The molecule has 0 aliphatic carbocycles. The summed E-state index contributed by atoms with van der Waals surface area (Å²) in [5.41, 5.74) is 1.66. The fraction of sp³-hybridized carbons (Fsp3) is 0.240. The van der Waals surface area contributed by atoms with Crippen LogP contribution in [-0.2, 0) is 4.79 Å². The third-order valence-corrected chi connectivity index (χ3v) is 6.75. The highest BCUT2D eigenvalue weighted by Crippen LogP contribution is 2.45. The first-order valence-electron chi connectivity index (χ1n) is 10.8. The van der Waals surface area contributed by atoms with E-state index in [-0.39, 0.29) is 12.4 Å². The molecule has 0 radical (unpaired) electrons. The maximum atomic E-state index is 13.7. The number of aliphatic hydroxyl groups excluding tert-OH is 1. The molecule has 5 rings (SSSR count). The smallest absolute Gasteiger partial charge is 0.294 e. The van der Waals surface area contributed by atoms with Crippen LogP contribution in [0, 0.1) is 13.8 Å². The molecular formula is C25H22N2O6S. The van der Waals surface area contributed by atoms with Gasteiger partial charge in [0.1, 0.15) is 5.75 Å². The molecule has 34 heavy (non-hydrogen) atoms. The first kappa shape index (κ1) is 22.0. The van der Waals surface area contributed by atoms with Crippen molar-refractivity contribution in [2.45, 2.75) is 26.8 Å². The molecule has 0 saturated heterocycles. The lowest BCUT2D eigenvalue weighted by Gasteiger charge is -2.27. The summed E-state index contributed by atoms with van der Waals surface area (Å²) in [7, 11) is 0. The molecule has 174 valence electrons. The van der Waals surface area contributed by atoms with Crippen molar-refractivity contribution in [3.8, 4) is 17.2 Å². The van der Waals surface area contributed by atoms with Crippen molar-refractivity contribution in [1.29, 1.82) is 0 Å². The fourth-order valence-electron chi connectivity index (χ4n) is 4.26. The number of Topliss-reactive ketones (excluding diaryl/α,β-unsaturated/α-hetero) is 1. The largest absolute Gasteiger partial charge is 0.503 e.